The van der Waals surface area contributed by atoms with Crippen molar-refractivity contribution in [3.8, 4) is 0 Å². The van der Waals surface area contributed by atoms with Crippen molar-refractivity contribution in [2.75, 3.05) is 0 Å². The molecule has 0 saturated carbocycles. The van der Waals surface area contributed by atoms with Crippen LogP contribution in [-0.2, 0) is 26.6 Å². The summed E-state index contributed by atoms with van der Waals surface area (Å²) in [6.45, 7) is 0.282. The molecule has 178 valence electrons. The van der Waals surface area contributed by atoms with Crippen molar-refractivity contribution in [2.24, 2.45) is 7.05 Å². The van der Waals surface area contributed by atoms with Gasteiger partial charge in [-0.1, -0.05) is 24.3 Å². The van der Waals surface area contributed by atoms with Crippen LogP contribution in [0.1, 0.15) is 31.8 Å². The minimum Gasteiger partial charge on any atom is -0.478 e. The van der Waals surface area contributed by atoms with Crippen LogP contribution in [0, 0.1) is 5.82 Å². The number of carbonyl (C=O) groups is 2. The van der Waals surface area contributed by atoms with E-state index < -0.39 is 23.1 Å². The molecule has 0 radical (unpaired) electrons. The Hall–Kier alpha value is -4.53. The molecule has 0 unspecified atom stereocenters. The highest BCUT2D eigenvalue weighted by atomic mass is 19.1. The zero-order chi connectivity index (χ0) is 25.1. The fourth-order valence-corrected chi connectivity index (χ4v) is 3.80. The van der Waals surface area contributed by atoms with E-state index in [1.807, 2.05) is 0 Å². The molecule has 9 heteroatoms. The number of nitrogens with zero attached hydrogens (tertiary/aromatic N) is 2. The van der Waals surface area contributed by atoms with E-state index in [1.54, 1.807) is 37.4 Å². The smallest absolute Gasteiger partial charge is 0.335 e. The first kappa shape index (κ1) is 23.6. The summed E-state index contributed by atoms with van der Waals surface area (Å²) in [5.41, 5.74) is 1.30. The Labute approximate surface area is 198 Å². The van der Waals surface area contributed by atoms with Gasteiger partial charge < -0.3 is 10.4 Å². The van der Waals surface area contributed by atoms with Crippen molar-refractivity contribution in [1.82, 2.24) is 14.5 Å². The number of nitrogens with one attached hydrogen (secondary N) is 1. The first-order valence-corrected chi connectivity index (χ1v) is 10.8. The number of aryl methyl sites for hydroxylation is 2. The monoisotopic (exact) mass is 475 g/mol. The Balaban J connectivity index is 1.59. The van der Waals surface area contributed by atoms with Gasteiger partial charge >= 0.3 is 11.7 Å². The highest BCUT2D eigenvalue weighted by Gasteiger charge is 2.14. The zero-order valence-electron chi connectivity index (χ0n) is 18.8. The summed E-state index contributed by atoms with van der Waals surface area (Å²) >= 11 is 0. The van der Waals surface area contributed by atoms with Crippen LogP contribution < -0.4 is 16.6 Å². The van der Waals surface area contributed by atoms with Crippen LogP contribution in [0.15, 0.2) is 76.3 Å². The van der Waals surface area contributed by atoms with Crippen LogP contribution in [0.5, 0.6) is 0 Å². The molecule has 4 aromatic rings. The van der Waals surface area contributed by atoms with Crippen molar-refractivity contribution < 1.29 is 19.1 Å². The molecule has 0 bridgehead atoms. The van der Waals surface area contributed by atoms with E-state index in [-0.39, 0.29) is 35.4 Å². The highest BCUT2D eigenvalue weighted by Crippen LogP contribution is 2.12. The molecule has 4 rings (SSSR count). The third-order valence-corrected chi connectivity index (χ3v) is 5.80. The van der Waals surface area contributed by atoms with Crippen LogP contribution in [0.4, 0.5) is 4.39 Å². The third-order valence-electron chi connectivity index (χ3n) is 5.80. The number of aromatic carboxylic acids is 1. The second-order valence-electron chi connectivity index (χ2n) is 8.09. The second kappa shape index (κ2) is 9.76. The van der Waals surface area contributed by atoms with Gasteiger partial charge in [0, 0.05) is 25.7 Å². The standard InChI is InChI=1S/C26H22FN3O5/c1-29-22-11-8-19(23(31)28-15-17-4-9-20(27)10-5-17)14-21(22)24(32)30(26(29)35)13-12-16-2-6-18(7-3-16)25(33)34/h2-11,14H,12-13,15H2,1H3,(H,28,31)(H,33,34). The van der Waals surface area contributed by atoms with Crippen molar-refractivity contribution >= 4 is 22.8 Å². The number of carboxylic acids is 1. The Morgan fingerprint density at radius 3 is 2.20 bits per heavy atom. The van der Waals surface area contributed by atoms with Crippen LogP contribution in [0.2, 0.25) is 0 Å². The molecule has 1 heterocycles. The average Bonchev–Trinajstić information content (AvgIpc) is 2.86. The molecular formula is C26H22FN3O5. The summed E-state index contributed by atoms with van der Waals surface area (Å²) in [6.07, 6.45) is 0.346. The zero-order valence-corrected chi connectivity index (χ0v) is 18.8. The fraction of sp³-hybridized carbons (Fsp3) is 0.154. The third kappa shape index (κ3) is 5.03. The lowest BCUT2D eigenvalue weighted by Gasteiger charge is -2.12. The van der Waals surface area contributed by atoms with Crippen LogP contribution >= 0.6 is 0 Å². The van der Waals surface area contributed by atoms with Gasteiger partial charge in [0.1, 0.15) is 5.82 Å². The quantitative estimate of drug-likeness (QED) is 0.427. The number of hydrogen-bond acceptors (Lipinski definition) is 4. The summed E-state index contributed by atoms with van der Waals surface area (Å²) in [6, 6.07) is 16.5. The average molecular weight is 475 g/mol. The van der Waals surface area contributed by atoms with E-state index in [2.05, 4.69) is 5.32 Å². The number of hydrogen-bond donors (Lipinski definition) is 2. The van der Waals surface area contributed by atoms with Gasteiger partial charge in [0.15, 0.2) is 0 Å². The number of rotatable bonds is 7. The van der Waals surface area contributed by atoms with Gasteiger partial charge in [-0.25, -0.2) is 14.0 Å². The first-order valence-electron chi connectivity index (χ1n) is 10.8. The molecule has 0 aliphatic rings. The normalized spacial score (nSPS) is 10.9. The predicted molar refractivity (Wildman–Crippen MR) is 128 cm³/mol. The molecule has 0 spiro atoms. The maximum absolute atomic E-state index is 13.2. The Morgan fingerprint density at radius 2 is 1.54 bits per heavy atom. The van der Waals surface area contributed by atoms with Gasteiger partial charge in [0.05, 0.1) is 16.5 Å². The molecular weight excluding hydrogens is 453 g/mol. The summed E-state index contributed by atoms with van der Waals surface area (Å²) in [7, 11) is 1.55. The number of fused-ring (bicyclic) bond motifs is 1. The summed E-state index contributed by atoms with van der Waals surface area (Å²) in [5.74, 6) is -1.81. The van der Waals surface area contributed by atoms with Crippen molar-refractivity contribution in [2.45, 2.75) is 19.5 Å². The van der Waals surface area contributed by atoms with Crippen LogP contribution in [0.3, 0.4) is 0 Å². The molecule has 1 aromatic heterocycles. The van der Waals surface area contributed by atoms with E-state index in [4.69, 9.17) is 5.11 Å². The number of benzene rings is 3. The second-order valence-corrected chi connectivity index (χ2v) is 8.09. The Bertz CT molecular complexity index is 1540. The number of carbonyl (C=O) groups excluding carboxylic acids is 1. The van der Waals surface area contributed by atoms with Gasteiger partial charge in [0.25, 0.3) is 11.5 Å². The molecule has 0 aliphatic carbocycles. The number of halogens is 1. The maximum atomic E-state index is 13.2. The summed E-state index contributed by atoms with van der Waals surface area (Å²) < 4.78 is 15.5. The minimum atomic E-state index is -1.03. The maximum Gasteiger partial charge on any atom is 0.335 e. The topological polar surface area (TPSA) is 110 Å². The van der Waals surface area contributed by atoms with Gasteiger partial charge in [-0.2, -0.15) is 0 Å². The van der Waals surface area contributed by atoms with E-state index in [1.165, 1.54) is 41.0 Å². The largest absolute Gasteiger partial charge is 0.478 e. The molecule has 3 aromatic carbocycles. The van der Waals surface area contributed by atoms with Crippen molar-refractivity contribution in [3.63, 3.8) is 0 Å². The molecule has 0 atom stereocenters. The van der Waals surface area contributed by atoms with Crippen LogP contribution in [-0.4, -0.2) is 26.1 Å². The number of amides is 1. The minimum absolute atomic E-state index is 0.0921. The fourth-order valence-electron chi connectivity index (χ4n) is 3.80. The number of aromatic nitrogens is 2. The van der Waals surface area contributed by atoms with E-state index in [9.17, 15) is 23.6 Å². The van der Waals surface area contributed by atoms with Crippen molar-refractivity contribution in [3.05, 3.63) is 116 Å². The summed E-state index contributed by atoms with van der Waals surface area (Å²) in [4.78, 5) is 49.6. The SMILES string of the molecule is Cn1c(=O)n(CCc2ccc(C(=O)O)cc2)c(=O)c2cc(C(=O)NCc3ccc(F)cc3)ccc21. The molecule has 1 amide bonds. The molecule has 0 saturated heterocycles. The molecule has 8 nitrogen and oxygen atoms in total. The van der Waals surface area contributed by atoms with Gasteiger partial charge in [-0.3, -0.25) is 18.7 Å². The lowest BCUT2D eigenvalue weighted by atomic mass is 10.1. The lowest BCUT2D eigenvalue weighted by Crippen LogP contribution is -2.39. The van der Waals surface area contributed by atoms with E-state index in [0.29, 0.717) is 11.9 Å². The highest BCUT2D eigenvalue weighted by molar-refractivity contribution is 5.97. The molecule has 2 N–H and O–H groups in total. The number of carboxylic acid groups (broad SMARTS) is 1. The van der Waals surface area contributed by atoms with Gasteiger partial charge in [0.2, 0.25) is 0 Å². The van der Waals surface area contributed by atoms with E-state index >= 15 is 0 Å². The van der Waals surface area contributed by atoms with Crippen LogP contribution in [0.25, 0.3) is 10.9 Å². The first-order chi connectivity index (χ1) is 16.7. The van der Waals surface area contributed by atoms with Gasteiger partial charge in [-0.15, -0.1) is 0 Å². The summed E-state index contributed by atoms with van der Waals surface area (Å²) in [5, 5.41) is 12.0. The van der Waals surface area contributed by atoms with Gasteiger partial charge in [-0.05, 0) is 60.0 Å². The van der Waals surface area contributed by atoms with Crippen molar-refractivity contribution in [1.29, 1.82) is 0 Å². The lowest BCUT2D eigenvalue weighted by molar-refractivity contribution is 0.0696. The molecule has 35 heavy (non-hydrogen) atoms. The Kier molecular flexibility index (Phi) is 6.59. The molecule has 0 aliphatic heterocycles. The Morgan fingerprint density at radius 1 is 0.914 bits per heavy atom. The van der Waals surface area contributed by atoms with E-state index in [0.717, 1.165) is 15.7 Å². The predicted octanol–water partition coefficient (Wildman–Crippen LogP) is 2.71. The molecule has 0 fully saturated rings.